The molecule has 1 N–H and O–H groups in total. The van der Waals surface area contributed by atoms with Crippen molar-refractivity contribution in [3.63, 3.8) is 0 Å². The van der Waals surface area contributed by atoms with Gasteiger partial charge in [-0.2, -0.15) is 4.99 Å². The normalized spacial score (nSPS) is 21.5. The number of hydrogen-bond donors (Lipinski definition) is 1. The lowest BCUT2D eigenvalue weighted by Crippen LogP contribution is -3.12. The number of carbonyl (C=O) groups excluding carboxylic acids is 1. The molecule has 1 saturated heterocycles. The summed E-state index contributed by atoms with van der Waals surface area (Å²) in [6.45, 7) is 10.7. The summed E-state index contributed by atoms with van der Waals surface area (Å²) in [6.07, 6.45) is 1.96. The van der Waals surface area contributed by atoms with E-state index in [0.29, 0.717) is 0 Å². The molecule has 128 valence electrons. The van der Waals surface area contributed by atoms with E-state index < -0.39 is 0 Å². The first-order valence-corrected chi connectivity index (χ1v) is 9.34. The molecule has 2 heterocycles. The van der Waals surface area contributed by atoms with Crippen molar-refractivity contribution < 1.29 is 9.69 Å². The molecule has 0 unspecified atom stereocenters. The standard InChI is InChI=1S/C19H25N3OS/c1-19(2,3)15-7-5-14(6-8-15)13-16-17(23)20-18(24-16)22-11-9-21(4)10-12-22/h5-8,13H,9-12H2,1-4H3/p+1/b16-13-. The molecule has 0 atom stereocenters. The van der Waals surface area contributed by atoms with Crippen LogP contribution >= 0.6 is 11.8 Å². The number of piperazine rings is 1. The zero-order valence-corrected chi connectivity index (χ0v) is 15.7. The first-order valence-electron chi connectivity index (χ1n) is 8.52. The molecule has 1 fully saturated rings. The fourth-order valence-electron chi connectivity index (χ4n) is 2.84. The molecular weight excluding hydrogens is 318 g/mol. The van der Waals surface area contributed by atoms with Gasteiger partial charge in [-0.1, -0.05) is 45.0 Å². The molecule has 0 bridgehead atoms. The van der Waals surface area contributed by atoms with Crippen LogP contribution in [0.5, 0.6) is 0 Å². The third-order valence-electron chi connectivity index (χ3n) is 4.57. The SMILES string of the molecule is C[NH+]1CCN(C2=NC(=O)/C(=C/c3ccc(C(C)(C)C)cc3)S2)CC1. The number of carbonyl (C=O) groups is 1. The highest BCUT2D eigenvalue weighted by atomic mass is 32.2. The Labute approximate surface area is 148 Å². The van der Waals surface area contributed by atoms with Crippen molar-refractivity contribution in [1.29, 1.82) is 0 Å². The zero-order valence-electron chi connectivity index (χ0n) is 14.9. The van der Waals surface area contributed by atoms with E-state index in [2.05, 4.69) is 62.0 Å². The number of benzene rings is 1. The van der Waals surface area contributed by atoms with Crippen molar-refractivity contribution >= 4 is 28.9 Å². The third-order valence-corrected chi connectivity index (χ3v) is 5.62. The molecule has 0 spiro atoms. The lowest BCUT2D eigenvalue weighted by Gasteiger charge is -2.30. The molecule has 4 nitrogen and oxygen atoms in total. The Morgan fingerprint density at radius 2 is 1.79 bits per heavy atom. The lowest BCUT2D eigenvalue weighted by molar-refractivity contribution is -0.883. The van der Waals surface area contributed by atoms with Gasteiger partial charge in [-0.15, -0.1) is 0 Å². The number of thioether (sulfide) groups is 1. The van der Waals surface area contributed by atoms with Gasteiger partial charge in [-0.05, 0) is 34.4 Å². The summed E-state index contributed by atoms with van der Waals surface area (Å²) >= 11 is 1.51. The van der Waals surface area contributed by atoms with Crippen molar-refractivity contribution in [2.45, 2.75) is 26.2 Å². The summed E-state index contributed by atoms with van der Waals surface area (Å²) in [6, 6.07) is 8.44. The Morgan fingerprint density at radius 3 is 2.38 bits per heavy atom. The molecule has 1 aromatic carbocycles. The van der Waals surface area contributed by atoms with Gasteiger partial charge in [0.15, 0.2) is 5.17 Å². The number of nitrogens with one attached hydrogen (secondary N) is 1. The van der Waals surface area contributed by atoms with Crippen LogP contribution in [0, 0.1) is 0 Å². The van der Waals surface area contributed by atoms with Crippen LogP contribution in [0.2, 0.25) is 0 Å². The van der Waals surface area contributed by atoms with Crippen molar-refractivity contribution in [3.05, 3.63) is 40.3 Å². The van der Waals surface area contributed by atoms with Crippen LogP contribution in [0.25, 0.3) is 6.08 Å². The highest BCUT2D eigenvalue weighted by Gasteiger charge is 2.28. The molecule has 3 rings (SSSR count). The second-order valence-electron chi connectivity index (χ2n) is 7.63. The minimum Gasteiger partial charge on any atom is -0.339 e. The van der Waals surface area contributed by atoms with Crippen molar-refractivity contribution in [2.75, 3.05) is 33.2 Å². The van der Waals surface area contributed by atoms with E-state index in [1.807, 2.05) is 6.08 Å². The predicted octanol–water partition coefficient (Wildman–Crippen LogP) is 1.78. The van der Waals surface area contributed by atoms with Crippen LogP contribution in [0.1, 0.15) is 31.9 Å². The van der Waals surface area contributed by atoms with E-state index in [-0.39, 0.29) is 11.3 Å². The van der Waals surface area contributed by atoms with Gasteiger partial charge >= 0.3 is 0 Å². The third kappa shape index (κ3) is 3.90. The van der Waals surface area contributed by atoms with Crippen LogP contribution < -0.4 is 4.90 Å². The fraction of sp³-hybridized carbons (Fsp3) is 0.474. The van der Waals surface area contributed by atoms with Crippen molar-refractivity contribution in [2.24, 2.45) is 4.99 Å². The summed E-state index contributed by atoms with van der Waals surface area (Å²) in [5.41, 5.74) is 2.49. The van der Waals surface area contributed by atoms with E-state index in [9.17, 15) is 4.79 Å². The number of quaternary nitrogens is 1. The average Bonchev–Trinajstić information content (AvgIpc) is 2.89. The first kappa shape index (κ1) is 17.2. The van der Waals surface area contributed by atoms with E-state index in [0.717, 1.165) is 41.8 Å². The highest BCUT2D eigenvalue weighted by Crippen LogP contribution is 2.30. The molecule has 0 radical (unpaired) electrons. The number of likely N-dealkylation sites (N-methyl/N-ethyl adjacent to an activating group) is 1. The van der Waals surface area contributed by atoms with Crippen LogP contribution in [0.4, 0.5) is 0 Å². The van der Waals surface area contributed by atoms with Crippen molar-refractivity contribution in [1.82, 2.24) is 4.90 Å². The van der Waals surface area contributed by atoms with Crippen LogP contribution in [-0.2, 0) is 10.2 Å². The topological polar surface area (TPSA) is 37.1 Å². The summed E-state index contributed by atoms with van der Waals surface area (Å²) in [5.74, 6) is -0.110. The maximum absolute atomic E-state index is 12.2. The Morgan fingerprint density at radius 1 is 1.17 bits per heavy atom. The van der Waals surface area contributed by atoms with Gasteiger partial charge in [0, 0.05) is 0 Å². The highest BCUT2D eigenvalue weighted by molar-refractivity contribution is 8.18. The first-order chi connectivity index (χ1) is 11.3. The Bertz CT molecular complexity index is 678. The summed E-state index contributed by atoms with van der Waals surface area (Å²) in [4.78, 5) is 21.0. The molecule has 0 aromatic heterocycles. The minimum absolute atomic E-state index is 0.110. The van der Waals surface area contributed by atoms with E-state index in [1.165, 1.54) is 22.2 Å². The number of rotatable bonds is 1. The molecule has 0 aliphatic carbocycles. The van der Waals surface area contributed by atoms with Gasteiger partial charge in [0.2, 0.25) is 0 Å². The average molecular weight is 345 g/mol. The minimum atomic E-state index is -0.110. The summed E-state index contributed by atoms with van der Waals surface area (Å²) in [5, 5.41) is 0.866. The van der Waals surface area contributed by atoms with Crippen LogP contribution in [-0.4, -0.2) is 49.2 Å². The molecule has 1 amide bonds. The molecule has 24 heavy (non-hydrogen) atoms. The number of nitrogens with zero attached hydrogens (tertiary/aromatic N) is 2. The molecule has 2 aliphatic heterocycles. The largest absolute Gasteiger partial charge is 0.339 e. The fourth-order valence-corrected chi connectivity index (χ4v) is 3.81. The maximum Gasteiger partial charge on any atom is 0.286 e. The molecule has 5 heteroatoms. The second kappa shape index (κ2) is 6.73. The monoisotopic (exact) mass is 344 g/mol. The quantitative estimate of drug-likeness (QED) is 0.789. The predicted molar refractivity (Wildman–Crippen MR) is 101 cm³/mol. The summed E-state index contributed by atoms with van der Waals surface area (Å²) < 4.78 is 0. The Kier molecular flexibility index (Phi) is 4.83. The van der Waals surface area contributed by atoms with Gasteiger partial charge in [0.25, 0.3) is 5.91 Å². The number of amidine groups is 1. The van der Waals surface area contributed by atoms with Gasteiger partial charge < -0.3 is 9.80 Å². The Hall–Kier alpha value is -1.59. The van der Waals surface area contributed by atoms with E-state index in [1.54, 1.807) is 0 Å². The van der Waals surface area contributed by atoms with Gasteiger partial charge in [-0.3, -0.25) is 4.79 Å². The molecule has 0 saturated carbocycles. The van der Waals surface area contributed by atoms with Crippen LogP contribution in [0.15, 0.2) is 34.2 Å². The maximum atomic E-state index is 12.2. The van der Waals surface area contributed by atoms with Gasteiger partial charge in [-0.25, -0.2) is 0 Å². The number of hydrogen-bond acceptors (Lipinski definition) is 3. The Balaban J connectivity index is 1.70. The smallest absolute Gasteiger partial charge is 0.286 e. The van der Waals surface area contributed by atoms with Crippen LogP contribution in [0.3, 0.4) is 0 Å². The molecule has 2 aliphatic rings. The van der Waals surface area contributed by atoms with Crippen molar-refractivity contribution in [3.8, 4) is 0 Å². The van der Waals surface area contributed by atoms with Gasteiger partial charge in [0.05, 0.1) is 38.1 Å². The summed E-state index contributed by atoms with van der Waals surface area (Å²) in [7, 11) is 2.21. The van der Waals surface area contributed by atoms with Gasteiger partial charge in [0.1, 0.15) is 0 Å². The number of amides is 1. The van der Waals surface area contributed by atoms with E-state index >= 15 is 0 Å². The number of aliphatic imine (C=N–C) groups is 1. The lowest BCUT2D eigenvalue weighted by atomic mass is 9.87. The molecular formula is C19H26N3OS+. The van der Waals surface area contributed by atoms with E-state index in [4.69, 9.17) is 0 Å². The zero-order chi connectivity index (χ0) is 17.3. The second-order valence-corrected chi connectivity index (χ2v) is 8.64. The molecule has 1 aromatic rings.